The minimum absolute atomic E-state index is 0.249. The normalized spacial score (nSPS) is 10.7. The SMILES string of the molecule is COCCc1nnc(-n2ccc(C)c(C(=O)O)c2=O)s1. The Hall–Kier alpha value is -2.06. The van der Waals surface area contributed by atoms with Gasteiger partial charge in [-0.3, -0.25) is 9.36 Å². The fraction of sp³-hybridized carbons (Fsp3) is 0.333. The van der Waals surface area contributed by atoms with Crippen molar-refractivity contribution >= 4 is 17.3 Å². The first-order valence-corrected chi connectivity index (χ1v) is 6.63. The molecule has 0 unspecified atom stereocenters. The first-order chi connectivity index (χ1) is 9.54. The lowest BCUT2D eigenvalue weighted by molar-refractivity contribution is 0.0693. The molecule has 0 aliphatic rings. The second-order valence-electron chi connectivity index (χ2n) is 4.08. The van der Waals surface area contributed by atoms with Crippen LogP contribution in [-0.2, 0) is 11.2 Å². The molecule has 0 aliphatic carbocycles. The summed E-state index contributed by atoms with van der Waals surface area (Å²) in [6, 6.07) is 1.57. The second-order valence-corrected chi connectivity index (χ2v) is 5.12. The Balaban J connectivity index is 2.43. The van der Waals surface area contributed by atoms with E-state index < -0.39 is 11.5 Å². The minimum Gasteiger partial charge on any atom is -0.477 e. The van der Waals surface area contributed by atoms with Gasteiger partial charge >= 0.3 is 5.97 Å². The monoisotopic (exact) mass is 295 g/mol. The number of methoxy groups -OCH3 is 1. The van der Waals surface area contributed by atoms with E-state index in [-0.39, 0.29) is 5.56 Å². The van der Waals surface area contributed by atoms with Crippen LogP contribution in [0, 0.1) is 6.92 Å². The zero-order valence-electron chi connectivity index (χ0n) is 11.0. The van der Waals surface area contributed by atoms with Gasteiger partial charge in [0, 0.05) is 19.7 Å². The summed E-state index contributed by atoms with van der Waals surface area (Å²) in [7, 11) is 1.59. The lowest BCUT2D eigenvalue weighted by Gasteiger charge is -2.04. The summed E-state index contributed by atoms with van der Waals surface area (Å²) >= 11 is 1.23. The first kappa shape index (κ1) is 14.4. The van der Waals surface area contributed by atoms with Crippen molar-refractivity contribution < 1.29 is 14.6 Å². The highest BCUT2D eigenvalue weighted by atomic mass is 32.1. The number of pyridine rings is 1. The number of carboxylic acid groups (broad SMARTS) is 1. The highest BCUT2D eigenvalue weighted by Gasteiger charge is 2.17. The zero-order valence-corrected chi connectivity index (χ0v) is 11.8. The summed E-state index contributed by atoms with van der Waals surface area (Å²) in [6.45, 7) is 2.09. The van der Waals surface area contributed by atoms with Crippen molar-refractivity contribution in [1.29, 1.82) is 0 Å². The molecule has 7 nitrogen and oxygen atoms in total. The van der Waals surface area contributed by atoms with Gasteiger partial charge in [-0.1, -0.05) is 11.3 Å². The van der Waals surface area contributed by atoms with E-state index in [4.69, 9.17) is 9.84 Å². The van der Waals surface area contributed by atoms with E-state index in [2.05, 4.69) is 10.2 Å². The van der Waals surface area contributed by atoms with E-state index in [1.54, 1.807) is 20.1 Å². The van der Waals surface area contributed by atoms with E-state index >= 15 is 0 Å². The van der Waals surface area contributed by atoms with Gasteiger partial charge in [0.2, 0.25) is 5.13 Å². The average Bonchev–Trinajstić information content (AvgIpc) is 2.84. The molecule has 0 saturated carbocycles. The van der Waals surface area contributed by atoms with Gasteiger partial charge < -0.3 is 9.84 Å². The standard InChI is InChI=1S/C12H13N3O4S/c1-7-3-5-15(10(16)9(7)11(17)18)12-14-13-8(20-12)4-6-19-2/h3,5H,4,6H2,1-2H3,(H,17,18). The van der Waals surface area contributed by atoms with Gasteiger partial charge in [-0.25, -0.2) is 4.79 Å². The third kappa shape index (κ3) is 2.75. The molecule has 2 aromatic rings. The van der Waals surface area contributed by atoms with Gasteiger partial charge in [0.1, 0.15) is 10.6 Å². The summed E-state index contributed by atoms with van der Waals surface area (Å²) in [4.78, 5) is 23.3. The van der Waals surface area contributed by atoms with Crippen molar-refractivity contribution in [3.63, 3.8) is 0 Å². The number of aryl methyl sites for hydroxylation is 1. The average molecular weight is 295 g/mol. The third-order valence-electron chi connectivity index (χ3n) is 2.70. The lowest BCUT2D eigenvalue weighted by Crippen LogP contribution is -2.25. The maximum Gasteiger partial charge on any atom is 0.341 e. The van der Waals surface area contributed by atoms with Crippen molar-refractivity contribution in [2.24, 2.45) is 0 Å². The lowest BCUT2D eigenvalue weighted by atomic mass is 10.1. The fourth-order valence-electron chi connectivity index (χ4n) is 1.67. The van der Waals surface area contributed by atoms with Gasteiger partial charge in [-0.05, 0) is 18.6 Å². The van der Waals surface area contributed by atoms with Crippen molar-refractivity contribution in [3.05, 3.63) is 38.8 Å². The summed E-state index contributed by atoms with van der Waals surface area (Å²) in [5.74, 6) is -1.24. The number of hydrogen-bond acceptors (Lipinski definition) is 6. The molecule has 0 radical (unpaired) electrons. The highest BCUT2D eigenvalue weighted by molar-refractivity contribution is 7.13. The molecule has 0 aliphatic heterocycles. The smallest absolute Gasteiger partial charge is 0.341 e. The van der Waals surface area contributed by atoms with Crippen LogP contribution in [0.5, 0.6) is 0 Å². The van der Waals surface area contributed by atoms with E-state index in [1.807, 2.05) is 0 Å². The Kier molecular flexibility index (Phi) is 4.26. The Morgan fingerprint density at radius 3 is 2.90 bits per heavy atom. The van der Waals surface area contributed by atoms with Crippen LogP contribution in [0.1, 0.15) is 20.9 Å². The van der Waals surface area contributed by atoms with Crippen molar-refractivity contribution in [2.75, 3.05) is 13.7 Å². The molecule has 0 fully saturated rings. The van der Waals surface area contributed by atoms with Crippen molar-refractivity contribution in [2.45, 2.75) is 13.3 Å². The van der Waals surface area contributed by atoms with E-state index in [0.29, 0.717) is 23.7 Å². The predicted molar refractivity (Wildman–Crippen MR) is 72.8 cm³/mol. The van der Waals surface area contributed by atoms with Crippen LogP contribution in [-0.4, -0.2) is 39.6 Å². The van der Waals surface area contributed by atoms with Crippen molar-refractivity contribution in [3.8, 4) is 5.13 Å². The molecule has 0 saturated heterocycles. The van der Waals surface area contributed by atoms with Crippen LogP contribution in [0.25, 0.3) is 5.13 Å². The van der Waals surface area contributed by atoms with Crippen LogP contribution in [0.15, 0.2) is 17.1 Å². The molecule has 2 heterocycles. The maximum atomic E-state index is 12.2. The molecule has 0 atom stereocenters. The molecular weight excluding hydrogens is 282 g/mol. The number of nitrogens with zero attached hydrogens (tertiary/aromatic N) is 3. The number of carbonyl (C=O) groups is 1. The third-order valence-corrected chi connectivity index (χ3v) is 3.68. The van der Waals surface area contributed by atoms with E-state index in [0.717, 1.165) is 5.01 Å². The maximum absolute atomic E-state index is 12.2. The summed E-state index contributed by atoms with van der Waals surface area (Å²) in [6.07, 6.45) is 2.10. The topological polar surface area (TPSA) is 94.3 Å². The van der Waals surface area contributed by atoms with E-state index in [1.165, 1.54) is 22.1 Å². The summed E-state index contributed by atoms with van der Waals surface area (Å²) < 4.78 is 6.14. The molecule has 0 aromatic carbocycles. The van der Waals surface area contributed by atoms with Gasteiger partial charge in [0.15, 0.2) is 0 Å². The largest absolute Gasteiger partial charge is 0.477 e. The minimum atomic E-state index is -1.24. The summed E-state index contributed by atoms with van der Waals surface area (Å²) in [5, 5.41) is 18.0. The Labute approximate surface area is 118 Å². The molecule has 2 aromatic heterocycles. The Morgan fingerprint density at radius 2 is 2.25 bits per heavy atom. The molecule has 2 rings (SSSR count). The van der Waals surface area contributed by atoms with Crippen LogP contribution in [0.4, 0.5) is 0 Å². The quantitative estimate of drug-likeness (QED) is 0.880. The molecule has 0 spiro atoms. The van der Waals surface area contributed by atoms with Crippen LogP contribution >= 0.6 is 11.3 Å². The van der Waals surface area contributed by atoms with Crippen LogP contribution < -0.4 is 5.56 Å². The Bertz CT molecular complexity index is 692. The Morgan fingerprint density at radius 1 is 1.50 bits per heavy atom. The van der Waals surface area contributed by atoms with Gasteiger partial charge in [-0.2, -0.15) is 0 Å². The predicted octanol–water partition coefficient (Wildman–Crippen LogP) is 0.885. The van der Waals surface area contributed by atoms with E-state index in [9.17, 15) is 9.59 Å². The number of carboxylic acids is 1. The molecule has 20 heavy (non-hydrogen) atoms. The second kappa shape index (κ2) is 5.93. The first-order valence-electron chi connectivity index (χ1n) is 5.82. The number of rotatable bonds is 5. The number of hydrogen-bond donors (Lipinski definition) is 1. The zero-order chi connectivity index (χ0) is 14.7. The highest BCUT2D eigenvalue weighted by Crippen LogP contribution is 2.14. The molecule has 0 amide bonds. The molecular formula is C12H13N3O4S. The molecule has 8 heteroatoms. The molecule has 1 N–H and O–H groups in total. The van der Waals surface area contributed by atoms with Crippen molar-refractivity contribution in [1.82, 2.24) is 14.8 Å². The van der Waals surface area contributed by atoms with Crippen LogP contribution in [0.2, 0.25) is 0 Å². The molecule has 106 valence electrons. The van der Waals surface area contributed by atoms with Gasteiger partial charge in [0.25, 0.3) is 5.56 Å². The number of aromatic carboxylic acids is 1. The number of ether oxygens (including phenoxy) is 1. The summed E-state index contributed by atoms with van der Waals surface area (Å²) in [5.41, 5.74) is -0.434. The van der Waals surface area contributed by atoms with Gasteiger partial charge in [0.05, 0.1) is 6.61 Å². The molecule has 0 bridgehead atoms. The van der Waals surface area contributed by atoms with Crippen LogP contribution in [0.3, 0.4) is 0 Å². The fourth-order valence-corrected chi connectivity index (χ4v) is 2.47. The van der Waals surface area contributed by atoms with Gasteiger partial charge in [-0.15, -0.1) is 10.2 Å². The number of aromatic nitrogens is 3.